The third-order valence-corrected chi connectivity index (χ3v) is 4.18. The van der Waals surface area contributed by atoms with Crippen molar-refractivity contribution in [3.63, 3.8) is 0 Å². The van der Waals surface area contributed by atoms with E-state index in [9.17, 15) is 9.18 Å². The van der Waals surface area contributed by atoms with Crippen LogP contribution in [0.1, 0.15) is 19.8 Å². The quantitative estimate of drug-likeness (QED) is 0.782. The van der Waals surface area contributed by atoms with Gasteiger partial charge in [0.15, 0.2) is 11.6 Å². The van der Waals surface area contributed by atoms with Gasteiger partial charge in [-0.25, -0.2) is 4.39 Å². The summed E-state index contributed by atoms with van der Waals surface area (Å²) in [7, 11) is 1.61. The van der Waals surface area contributed by atoms with Crippen LogP contribution in [0, 0.1) is 11.2 Å². The molecule has 24 heavy (non-hydrogen) atoms. The Hall–Kier alpha value is -1.37. The topological polar surface area (TPSA) is 59.6 Å². The Morgan fingerprint density at radius 2 is 2.04 bits per heavy atom. The van der Waals surface area contributed by atoms with Gasteiger partial charge in [-0.15, -0.1) is 12.4 Å². The Balaban J connectivity index is 0.00000288. The molecule has 1 atom stereocenters. The van der Waals surface area contributed by atoms with Crippen molar-refractivity contribution < 1.29 is 18.7 Å². The molecular weight excluding hydrogens is 335 g/mol. The minimum Gasteiger partial charge on any atom is -0.486 e. The number of para-hydroxylation sites is 1. The van der Waals surface area contributed by atoms with Crippen LogP contribution in [0.2, 0.25) is 0 Å². The lowest BCUT2D eigenvalue weighted by molar-refractivity contribution is -0.136. The number of hydrogen-bond acceptors (Lipinski definition) is 4. The number of hydrogen-bond donors (Lipinski definition) is 2. The van der Waals surface area contributed by atoms with E-state index in [-0.39, 0.29) is 30.2 Å². The molecule has 1 aliphatic heterocycles. The highest BCUT2D eigenvalue weighted by atomic mass is 35.5. The first kappa shape index (κ1) is 20.7. The lowest BCUT2D eigenvalue weighted by Crippen LogP contribution is -2.51. The van der Waals surface area contributed by atoms with Gasteiger partial charge in [0, 0.05) is 7.11 Å². The minimum atomic E-state index is -0.488. The lowest BCUT2D eigenvalue weighted by Gasteiger charge is -2.35. The number of halogens is 2. The van der Waals surface area contributed by atoms with Crippen molar-refractivity contribution in [1.29, 1.82) is 0 Å². The Bertz CT molecular complexity index is 519. The smallest absolute Gasteiger partial charge is 0.228 e. The van der Waals surface area contributed by atoms with E-state index in [0.717, 1.165) is 25.9 Å². The summed E-state index contributed by atoms with van der Waals surface area (Å²) in [6.07, 6.45) is 1.17. The molecule has 0 spiro atoms. The van der Waals surface area contributed by atoms with Gasteiger partial charge in [0.05, 0.1) is 18.6 Å². The summed E-state index contributed by atoms with van der Waals surface area (Å²) in [5, 5.41) is 6.18. The van der Waals surface area contributed by atoms with Gasteiger partial charge in [-0.05, 0) is 45.0 Å². The van der Waals surface area contributed by atoms with Crippen LogP contribution in [0.15, 0.2) is 24.3 Å². The number of amides is 1. The molecular formula is C17H26ClFN2O3. The number of carbonyl (C=O) groups is 1. The van der Waals surface area contributed by atoms with Crippen LogP contribution in [0.5, 0.6) is 5.75 Å². The van der Waals surface area contributed by atoms with E-state index in [0.29, 0.717) is 13.2 Å². The molecule has 1 unspecified atom stereocenters. The number of rotatable bonds is 7. The predicted molar refractivity (Wildman–Crippen MR) is 93.2 cm³/mol. The zero-order chi connectivity index (χ0) is 16.7. The van der Waals surface area contributed by atoms with Gasteiger partial charge < -0.3 is 20.1 Å². The van der Waals surface area contributed by atoms with E-state index in [2.05, 4.69) is 10.6 Å². The highest BCUT2D eigenvalue weighted by molar-refractivity contribution is 5.85. The van der Waals surface area contributed by atoms with Crippen LogP contribution in [0.4, 0.5) is 4.39 Å². The van der Waals surface area contributed by atoms with Crippen LogP contribution in [-0.4, -0.2) is 45.4 Å². The first-order valence-electron chi connectivity index (χ1n) is 7.96. The Morgan fingerprint density at radius 1 is 1.38 bits per heavy atom. The third kappa shape index (κ3) is 5.33. The molecule has 0 bridgehead atoms. The van der Waals surface area contributed by atoms with Gasteiger partial charge in [0.25, 0.3) is 0 Å². The number of benzene rings is 1. The molecule has 2 rings (SSSR count). The maximum atomic E-state index is 13.6. The van der Waals surface area contributed by atoms with E-state index in [1.54, 1.807) is 32.2 Å². The number of piperidine rings is 1. The van der Waals surface area contributed by atoms with Gasteiger partial charge in [-0.2, -0.15) is 0 Å². The fourth-order valence-electron chi connectivity index (χ4n) is 2.84. The zero-order valence-electron chi connectivity index (χ0n) is 14.1. The second-order valence-electron chi connectivity index (χ2n) is 6.03. The van der Waals surface area contributed by atoms with Gasteiger partial charge in [-0.3, -0.25) is 4.79 Å². The van der Waals surface area contributed by atoms with Gasteiger partial charge in [0.1, 0.15) is 6.10 Å². The molecule has 1 fully saturated rings. The molecule has 7 heteroatoms. The van der Waals surface area contributed by atoms with Crippen molar-refractivity contribution in [3.05, 3.63) is 30.1 Å². The largest absolute Gasteiger partial charge is 0.486 e. The molecule has 1 aromatic rings. The van der Waals surface area contributed by atoms with Crippen LogP contribution in [-0.2, 0) is 9.53 Å². The Morgan fingerprint density at radius 3 is 2.67 bits per heavy atom. The summed E-state index contributed by atoms with van der Waals surface area (Å²) in [5.41, 5.74) is -0.488. The molecule has 136 valence electrons. The molecule has 0 radical (unpaired) electrons. The molecule has 0 aliphatic carbocycles. The number of ether oxygens (including phenoxy) is 2. The van der Waals surface area contributed by atoms with Crippen LogP contribution >= 0.6 is 12.4 Å². The summed E-state index contributed by atoms with van der Waals surface area (Å²) in [6.45, 7) is 4.14. The third-order valence-electron chi connectivity index (χ3n) is 4.18. The molecule has 2 N–H and O–H groups in total. The predicted octanol–water partition coefficient (Wildman–Crippen LogP) is 2.15. The molecule has 0 saturated carbocycles. The highest BCUT2D eigenvalue weighted by Crippen LogP contribution is 2.29. The Labute approximate surface area is 148 Å². The van der Waals surface area contributed by atoms with Gasteiger partial charge in [-0.1, -0.05) is 12.1 Å². The number of methoxy groups -OCH3 is 1. The molecule has 5 nitrogen and oxygen atoms in total. The van der Waals surface area contributed by atoms with Crippen LogP contribution < -0.4 is 15.4 Å². The average Bonchev–Trinajstić information content (AvgIpc) is 2.56. The van der Waals surface area contributed by atoms with Crippen molar-refractivity contribution in [2.45, 2.75) is 25.9 Å². The average molecular weight is 361 g/mol. The Kier molecular flexibility index (Phi) is 8.45. The van der Waals surface area contributed by atoms with E-state index < -0.39 is 11.2 Å². The maximum Gasteiger partial charge on any atom is 0.228 e. The van der Waals surface area contributed by atoms with Crippen molar-refractivity contribution in [3.8, 4) is 5.75 Å². The molecule has 1 amide bonds. The summed E-state index contributed by atoms with van der Waals surface area (Å²) in [6, 6.07) is 6.25. The second kappa shape index (κ2) is 9.81. The van der Waals surface area contributed by atoms with Crippen molar-refractivity contribution in [2.75, 3.05) is 33.4 Å². The summed E-state index contributed by atoms with van der Waals surface area (Å²) >= 11 is 0. The van der Waals surface area contributed by atoms with E-state index in [1.807, 2.05) is 0 Å². The van der Waals surface area contributed by atoms with E-state index in [4.69, 9.17) is 9.47 Å². The fourth-order valence-corrected chi connectivity index (χ4v) is 2.84. The van der Waals surface area contributed by atoms with Crippen molar-refractivity contribution >= 4 is 18.3 Å². The van der Waals surface area contributed by atoms with Crippen LogP contribution in [0.25, 0.3) is 0 Å². The first-order chi connectivity index (χ1) is 11.1. The second-order valence-corrected chi connectivity index (χ2v) is 6.03. The van der Waals surface area contributed by atoms with E-state index in [1.165, 1.54) is 6.07 Å². The normalized spacial score (nSPS) is 17.5. The van der Waals surface area contributed by atoms with E-state index >= 15 is 0 Å². The molecule has 0 aromatic heterocycles. The van der Waals surface area contributed by atoms with Crippen LogP contribution in [0.3, 0.4) is 0 Å². The first-order valence-corrected chi connectivity index (χ1v) is 7.96. The standard InChI is InChI=1S/C17H25FN2O3.ClH/c1-13(23-15-6-4-3-5-14(15)18)11-20-16(21)17(12-22-2)7-9-19-10-8-17;/h3-6,13,19H,7-12H2,1-2H3,(H,20,21);1H. The molecule has 1 aliphatic rings. The molecule has 1 heterocycles. The van der Waals surface area contributed by atoms with Crippen molar-refractivity contribution in [1.82, 2.24) is 10.6 Å². The molecule has 1 saturated heterocycles. The summed E-state index contributed by atoms with van der Waals surface area (Å²) in [4.78, 5) is 12.6. The summed E-state index contributed by atoms with van der Waals surface area (Å²) < 4.78 is 24.4. The van der Waals surface area contributed by atoms with Crippen molar-refractivity contribution in [2.24, 2.45) is 5.41 Å². The summed E-state index contributed by atoms with van der Waals surface area (Å²) in [5.74, 6) is -0.229. The number of carbonyl (C=O) groups excluding carboxylic acids is 1. The maximum absolute atomic E-state index is 13.6. The number of nitrogens with one attached hydrogen (secondary N) is 2. The zero-order valence-corrected chi connectivity index (χ0v) is 15.0. The minimum absolute atomic E-state index is 0. The SMILES string of the molecule is COCC1(C(=O)NCC(C)Oc2ccccc2F)CCNCC1.Cl. The van der Waals surface area contributed by atoms with Gasteiger partial charge >= 0.3 is 0 Å². The van der Waals surface area contributed by atoms with Gasteiger partial charge in [0.2, 0.25) is 5.91 Å². The fraction of sp³-hybridized carbons (Fsp3) is 0.588. The molecule has 1 aromatic carbocycles. The highest BCUT2D eigenvalue weighted by Gasteiger charge is 2.39. The lowest BCUT2D eigenvalue weighted by atomic mass is 9.78. The monoisotopic (exact) mass is 360 g/mol.